The largest absolute Gasteiger partial charge is 0.383 e. The van der Waals surface area contributed by atoms with E-state index in [1.54, 1.807) is 44.6 Å². The van der Waals surface area contributed by atoms with Crippen LogP contribution in [0.15, 0.2) is 35.2 Å². The fourth-order valence-corrected chi connectivity index (χ4v) is 2.91. The molecule has 0 radical (unpaired) electrons. The van der Waals surface area contributed by atoms with Crippen molar-refractivity contribution in [2.75, 3.05) is 40.5 Å². The maximum atomic E-state index is 12.4. The van der Waals surface area contributed by atoms with Crippen molar-refractivity contribution in [1.82, 2.24) is 4.31 Å². The molecule has 0 spiro atoms. The van der Waals surface area contributed by atoms with E-state index >= 15 is 0 Å². The van der Waals surface area contributed by atoms with Crippen molar-refractivity contribution < 1.29 is 17.9 Å². The summed E-state index contributed by atoms with van der Waals surface area (Å²) >= 11 is 0. The molecule has 1 rings (SSSR count). The standard InChI is InChI=1S/C12H19NO4S/c1-16-10-8-13(9-11-17-2)18(14,15)12-6-4-3-5-7-12/h3-7H,8-11H2,1-2H3. The molecule has 0 aromatic heterocycles. The summed E-state index contributed by atoms with van der Waals surface area (Å²) in [6.07, 6.45) is 0. The average molecular weight is 273 g/mol. The first-order chi connectivity index (χ1) is 8.62. The number of hydrogen-bond acceptors (Lipinski definition) is 4. The Balaban J connectivity index is 2.88. The van der Waals surface area contributed by atoms with Gasteiger partial charge in [0, 0.05) is 27.3 Å². The summed E-state index contributed by atoms with van der Waals surface area (Å²) in [5.41, 5.74) is 0. The summed E-state index contributed by atoms with van der Waals surface area (Å²) in [4.78, 5) is 0.289. The first-order valence-electron chi connectivity index (χ1n) is 5.66. The molecule has 102 valence electrons. The van der Waals surface area contributed by atoms with Crippen molar-refractivity contribution in [3.63, 3.8) is 0 Å². The summed E-state index contributed by atoms with van der Waals surface area (Å²) in [6, 6.07) is 8.37. The molecule has 0 bridgehead atoms. The predicted octanol–water partition coefficient (Wildman–Crippen LogP) is 0.970. The normalized spacial score (nSPS) is 11.9. The molecule has 1 aromatic carbocycles. The highest BCUT2D eigenvalue weighted by Crippen LogP contribution is 2.14. The third kappa shape index (κ3) is 4.06. The van der Waals surface area contributed by atoms with Crippen LogP contribution in [0.1, 0.15) is 0 Å². The fourth-order valence-electron chi connectivity index (χ4n) is 1.48. The number of nitrogens with zero attached hydrogens (tertiary/aromatic N) is 1. The van der Waals surface area contributed by atoms with Crippen LogP contribution in [-0.2, 0) is 19.5 Å². The van der Waals surface area contributed by atoms with Crippen molar-refractivity contribution in [2.24, 2.45) is 0 Å². The quantitative estimate of drug-likeness (QED) is 0.708. The van der Waals surface area contributed by atoms with Crippen molar-refractivity contribution in [1.29, 1.82) is 0 Å². The molecular formula is C12H19NO4S. The minimum atomic E-state index is -3.47. The molecule has 0 unspecified atom stereocenters. The second-order valence-electron chi connectivity index (χ2n) is 3.70. The van der Waals surface area contributed by atoms with Crippen LogP contribution in [0.5, 0.6) is 0 Å². The van der Waals surface area contributed by atoms with Gasteiger partial charge in [0.2, 0.25) is 10.0 Å². The van der Waals surface area contributed by atoms with E-state index in [4.69, 9.17) is 9.47 Å². The van der Waals surface area contributed by atoms with E-state index in [0.717, 1.165) is 0 Å². The minimum Gasteiger partial charge on any atom is -0.383 e. The van der Waals surface area contributed by atoms with Crippen molar-refractivity contribution in [3.8, 4) is 0 Å². The lowest BCUT2D eigenvalue weighted by Gasteiger charge is -2.21. The minimum absolute atomic E-state index is 0.289. The molecule has 0 atom stereocenters. The lowest BCUT2D eigenvalue weighted by Crippen LogP contribution is -2.36. The highest BCUT2D eigenvalue weighted by molar-refractivity contribution is 7.89. The number of sulfonamides is 1. The van der Waals surface area contributed by atoms with Crippen LogP contribution >= 0.6 is 0 Å². The summed E-state index contributed by atoms with van der Waals surface area (Å²) in [5.74, 6) is 0. The number of ether oxygens (including phenoxy) is 2. The Hall–Kier alpha value is -0.950. The van der Waals surface area contributed by atoms with Gasteiger partial charge in [0.15, 0.2) is 0 Å². The zero-order chi connectivity index (χ0) is 13.4. The van der Waals surface area contributed by atoms with Gasteiger partial charge >= 0.3 is 0 Å². The van der Waals surface area contributed by atoms with E-state index in [9.17, 15) is 8.42 Å². The van der Waals surface area contributed by atoms with E-state index in [2.05, 4.69) is 0 Å². The lowest BCUT2D eigenvalue weighted by molar-refractivity contribution is 0.150. The van der Waals surface area contributed by atoms with E-state index in [1.807, 2.05) is 0 Å². The molecule has 18 heavy (non-hydrogen) atoms. The van der Waals surface area contributed by atoms with Crippen LogP contribution in [0.4, 0.5) is 0 Å². The summed E-state index contributed by atoms with van der Waals surface area (Å²) in [5, 5.41) is 0. The summed E-state index contributed by atoms with van der Waals surface area (Å²) in [7, 11) is -0.382. The molecule has 0 amide bonds. The van der Waals surface area contributed by atoms with Gasteiger partial charge in [-0.3, -0.25) is 0 Å². The molecular weight excluding hydrogens is 254 g/mol. The highest BCUT2D eigenvalue weighted by atomic mass is 32.2. The van der Waals surface area contributed by atoms with Gasteiger partial charge in [-0.1, -0.05) is 18.2 Å². The van der Waals surface area contributed by atoms with Crippen LogP contribution in [-0.4, -0.2) is 53.2 Å². The molecule has 0 aliphatic rings. The Bertz CT molecular complexity index is 425. The third-order valence-electron chi connectivity index (χ3n) is 2.47. The number of rotatable bonds is 8. The van der Waals surface area contributed by atoms with Gasteiger partial charge in [-0.05, 0) is 12.1 Å². The third-order valence-corrected chi connectivity index (χ3v) is 4.38. The molecule has 0 aliphatic heterocycles. The maximum absolute atomic E-state index is 12.4. The monoisotopic (exact) mass is 273 g/mol. The Labute approximate surface area is 108 Å². The van der Waals surface area contributed by atoms with Crippen LogP contribution in [0.3, 0.4) is 0 Å². The van der Waals surface area contributed by atoms with Gasteiger partial charge in [-0.15, -0.1) is 0 Å². The van der Waals surface area contributed by atoms with Gasteiger partial charge in [0.1, 0.15) is 0 Å². The number of methoxy groups -OCH3 is 2. The first-order valence-corrected chi connectivity index (χ1v) is 7.10. The van der Waals surface area contributed by atoms with E-state index in [0.29, 0.717) is 26.3 Å². The Morgan fingerprint density at radius 2 is 1.50 bits per heavy atom. The topological polar surface area (TPSA) is 55.8 Å². The Morgan fingerprint density at radius 3 is 1.94 bits per heavy atom. The second kappa shape index (κ2) is 7.48. The van der Waals surface area contributed by atoms with Crippen LogP contribution in [0.2, 0.25) is 0 Å². The molecule has 0 N–H and O–H groups in total. The molecule has 5 nitrogen and oxygen atoms in total. The molecule has 0 heterocycles. The zero-order valence-corrected chi connectivity index (χ0v) is 11.5. The summed E-state index contributed by atoms with van der Waals surface area (Å²) < 4.78 is 36.0. The predicted molar refractivity (Wildman–Crippen MR) is 69.0 cm³/mol. The maximum Gasteiger partial charge on any atom is 0.243 e. The SMILES string of the molecule is COCCN(CCOC)S(=O)(=O)c1ccccc1. The van der Waals surface area contributed by atoms with E-state index in [-0.39, 0.29) is 4.90 Å². The highest BCUT2D eigenvalue weighted by Gasteiger charge is 2.23. The fraction of sp³-hybridized carbons (Fsp3) is 0.500. The molecule has 0 aliphatic carbocycles. The Morgan fingerprint density at radius 1 is 1.00 bits per heavy atom. The van der Waals surface area contributed by atoms with Gasteiger partial charge in [0.25, 0.3) is 0 Å². The smallest absolute Gasteiger partial charge is 0.243 e. The van der Waals surface area contributed by atoms with Gasteiger partial charge in [-0.25, -0.2) is 8.42 Å². The number of hydrogen-bond donors (Lipinski definition) is 0. The van der Waals surface area contributed by atoms with E-state index < -0.39 is 10.0 Å². The average Bonchev–Trinajstić information content (AvgIpc) is 2.39. The van der Waals surface area contributed by atoms with E-state index in [1.165, 1.54) is 4.31 Å². The van der Waals surface area contributed by atoms with Crippen LogP contribution < -0.4 is 0 Å². The zero-order valence-electron chi connectivity index (χ0n) is 10.7. The Kier molecular flexibility index (Phi) is 6.28. The van der Waals surface area contributed by atoms with Crippen molar-refractivity contribution in [2.45, 2.75) is 4.90 Å². The first kappa shape index (κ1) is 15.1. The lowest BCUT2D eigenvalue weighted by atomic mass is 10.4. The van der Waals surface area contributed by atoms with Crippen LogP contribution in [0, 0.1) is 0 Å². The molecule has 1 aromatic rings. The molecule has 0 saturated carbocycles. The summed E-state index contributed by atoms with van der Waals surface area (Å²) in [6.45, 7) is 1.35. The van der Waals surface area contributed by atoms with Gasteiger partial charge < -0.3 is 9.47 Å². The van der Waals surface area contributed by atoms with Gasteiger partial charge in [-0.2, -0.15) is 4.31 Å². The molecule has 6 heteroatoms. The number of benzene rings is 1. The van der Waals surface area contributed by atoms with Gasteiger partial charge in [0.05, 0.1) is 18.1 Å². The van der Waals surface area contributed by atoms with Crippen molar-refractivity contribution >= 4 is 10.0 Å². The van der Waals surface area contributed by atoms with Crippen LogP contribution in [0.25, 0.3) is 0 Å². The molecule has 0 saturated heterocycles. The second-order valence-corrected chi connectivity index (χ2v) is 5.64. The molecule has 0 fully saturated rings. The van der Waals surface area contributed by atoms with Crippen molar-refractivity contribution in [3.05, 3.63) is 30.3 Å².